The van der Waals surface area contributed by atoms with Crippen LogP contribution in [0.25, 0.3) is 0 Å². The van der Waals surface area contributed by atoms with Crippen LogP contribution in [0.1, 0.15) is 34.9 Å². The Morgan fingerprint density at radius 3 is 2.63 bits per heavy atom. The summed E-state index contributed by atoms with van der Waals surface area (Å²) in [6.45, 7) is -0.409. The molecule has 0 saturated heterocycles. The van der Waals surface area contributed by atoms with Crippen molar-refractivity contribution in [3.05, 3.63) is 47.0 Å². The molecule has 0 fully saturated rings. The number of ketones is 1. The Bertz CT molecular complexity index is 487. The number of Topliss-reactive ketones (excluding diaryl/α,β-unsaturated/α-hetero) is 1. The van der Waals surface area contributed by atoms with E-state index in [1.54, 1.807) is 30.3 Å². The van der Waals surface area contributed by atoms with Gasteiger partial charge >= 0.3 is 0 Å². The number of hydrogen-bond donors (Lipinski definition) is 3. The summed E-state index contributed by atoms with van der Waals surface area (Å²) in [6, 6.07) is 7.10. The van der Waals surface area contributed by atoms with Crippen molar-refractivity contribution in [2.75, 3.05) is 13.2 Å². The number of carbonyl (C=O) groups excluding carboxylic acids is 1. The second-order valence-corrected chi connectivity index (χ2v) is 4.83. The van der Waals surface area contributed by atoms with Gasteiger partial charge in [-0.15, -0.1) is 0 Å². The van der Waals surface area contributed by atoms with E-state index in [-0.39, 0.29) is 24.9 Å². The van der Waals surface area contributed by atoms with E-state index < -0.39 is 6.10 Å². The highest BCUT2D eigenvalue weighted by Crippen LogP contribution is 2.36. The minimum absolute atomic E-state index is 0.0360. The van der Waals surface area contributed by atoms with E-state index >= 15 is 0 Å². The molecular formula is C15H18O4. The highest BCUT2D eigenvalue weighted by molar-refractivity contribution is 5.98. The zero-order chi connectivity index (χ0) is 13.8. The fraction of sp³-hybridized carbons (Fsp3) is 0.400. The van der Waals surface area contributed by atoms with Gasteiger partial charge in [0.25, 0.3) is 0 Å². The first-order valence-electron chi connectivity index (χ1n) is 6.37. The molecule has 19 heavy (non-hydrogen) atoms. The molecule has 0 unspecified atom stereocenters. The molecule has 102 valence electrons. The van der Waals surface area contributed by atoms with E-state index in [9.17, 15) is 9.90 Å². The van der Waals surface area contributed by atoms with Crippen LogP contribution in [0.2, 0.25) is 0 Å². The maximum Gasteiger partial charge on any atom is 0.163 e. The van der Waals surface area contributed by atoms with Crippen LogP contribution in [0.4, 0.5) is 0 Å². The Kier molecular flexibility index (Phi) is 4.47. The van der Waals surface area contributed by atoms with Gasteiger partial charge in [-0.25, -0.2) is 0 Å². The smallest absolute Gasteiger partial charge is 0.163 e. The molecule has 1 aromatic carbocycles. The molecule has 0 spiro atoms. The zero-order valence-corrected chi connectivity index (χ0v) is 10.6. The molecular weight excluding hydrogens is 244 g/mol. The first-order valence-corrected chi connectivity index (χ1v) is 6.37. The summed E-state index contributed by atoms with van der Waals surface area (Å²) < 4.78 is 0. The molecule has 1 aliphatic carbocycles. The second kappa shape index (κ2) is 6.10. The predicted molar refractivity (Wildman–Crippen MR) is 70.7 cm³/mol. The quantitative estimate of drug-likeness (QED) is 0.713. The van der Waals surface area contributed by atoms with Gasteiger partial charge in [-0.3, -0.25) is 4.79 Å². The van der Waals surface area contributed by atoms with Crippen molar-refractivity contribution in [2.24, 2.45) is 5.92 Å². The summed E-state index contributed by atoms with van der Waals surface area (Å²) in [5.41, 5.74) is 1.78. The van der Waals surface area contributed by atoms with Gasteiger partial charge in [-0.1, -0.05) is 30.3 Å². The van der Waals surface area contributed by atoms with Gasteiger partial charge in [-0.2, -0.15) is 0 Å². The third-order valence-corrected chi connectivity index (χ3v) is 3.59. The summed E-state index contributed by atoms with van der Waals surface area (Å²) in [7, 11) is 0. The molecule has 0 aromatic heterocycles. The second-order valence-electron chi connectivity index (χ2n) is 4.83. The molecule has 0 aliphatic heterocycles. The Balaban J connectivity index is 2.18. The first kappa shape index (κ1) is 13.9. The van der Waals surface area contributed by atoms with E-state index in [0.29, 0.717) is 29.5 Å². The van der Waals surface area contributed by atoms with Gasteiger partial charge in [0.1, 0.15) is 0 Å². The summed E-state index contributed by atoms with van der Waals surface area (Å²) in [5, 5.41) is 28.2. The minimum atomic E-state index is -0.677. The van der Waals surface area contributed by atoms with Crippen LogP contribution in [0.5, 0.6) is 0 Å². The number of aliphatic hydroxyl groups is 3. The van der Waals surface area contributed by atoms with Gasteiger partial charge in [0.2, 0.25) is 0 Å². The van der Waals surface area contributed by atoms with E-state index in [0.717, 1.165) is 0 Å². The third kappa shape index (κ3) is 2.92. The number of allylic oxidation sites excluding steroid dienone is 1. The van der Waals surface area contributed by atoms with Crippen molar-refractivity contribution in [2.45, 2.75) is 18.9 Å². The summed E-state index contributed by atoms with van der Waals surface area (Å²) in [5.74, 6) is -0.163. The predicted octanol–water partition coefficient (Wildman–Crippen LogP) is 1.22. The van der Waals surface area contributed by atoms with Crippen LogP contribution in [0, 0.1) is 5.92 Å². The number of fused-ring (bicyclic) bond motifs is 1. The van der Waals surface area contributed by atoms with E-state index in [1.807, 2.05) is 0 Å². The maximum atomic E-state index is 12.0. The fourth-order valence-corrected chi connectivity index (χ4v) is 2.43. The zero-order valence-electron chi connectivity index (χ0n) is 10.6. The van der Waals surface area contributed by atoms with Crippen molar-refractivity contribution in [3.8, 4) is 0 Å². The van der Waals surface area contributed by atoms with Crippen LogP contribution >= 0.6 is 0 Å². The SMILES string of the molecule is O=C1C[C@@H](CC=C(CO)CO)[C@@H](O)c2ccccc21. The lowest BCUT2D eigenvalue weighted by Crippen LogP contribution is -2.24. The Labute approximate surface area is 112 Å². The maximum absolute atomic E-state index is 12.0. The molecule has 0 saturated carbocycles. The molecule has 2 atom stereocenters. The van der Waals surface area contributed by atoms with E-state index in [2.05, 4.69) is 0 Å². The number of hydrogen-bond acceptors (Lipinski definition) is 4. The van der Waals surface area contributed by atoms with Crippen molar-refractivity contribution in [1.29, 1.82) is 0 Å². The normalized spacial score (nSPS) is 21.9. The Morgan fingerprint density at radius 1 is 1.26 bits per heavy atom. The summed E-state index contributed by atoms with van der Waals surface area (Å²) in [4.78, 5) is 12.0. The van der Waals surface area contributed by atoms with Crippen LogP contribution < -0.4 is 0 Å². The van der Waals surface area contributed by atoms with Gasteiger partial charge in [0.05, 0.1) is 19.3 Å². The molecule has 2 rings (SSSR count). The van der Waals surface area contributed by atoms with Gasteiger partial charge in [-0.05, 0) is 23.5 Å². The van der Waals surface area contributed by atoms with E-state index in [4.69, 9.17) is 10.2 Å². The highest BCUT2D eigenvalue weighted by Gasteiger charge is 2.31. The molecule has 3 N–H and O–H groups in total. The largest absolute Gasteiger partial charge is 0.392 e. The molecule has 4 heteroatoms. The topological polar surface area (TPSA) is 77.8 Å². The Hall–Kier alpha value is -1.49. The lowest BCUT2D eigenvalue weighted by Gasteiger charge is -2.28. The van der Waals surface area contributed by atoms with Crippen LogP contribution in [0.3, 0.4) is 0 Å². The van der Waals surface area contributed by atoms with Gasteiger partial charge in [0, 0.05) is 12.0 Å². The molecule has 0 amide bonds. The monoisotopic (exact) mass is 262 g/mol. The van der Waals surface area contributed by atoms with E-state index in [1.165, 1.54) is 0 Å². The van der Waals surface area contributed by atoms with Gasteiger partial charge < -0.3 is 15.3 Å². The average molecular weight is 262 g/mol. The van der Waals surface area contributed by atoms with Crippen molar-refractivity contribution in [3.63, 3.8) is 0 Å². The number of carbonyl (C=O) groups is 1. The highest BCUT2D eigenvalue weighted by atomic mass is 16.3. The standard InChI is InChI=1S/C15H18O4/c16-8-10(9-17)5-6-11-7-14(18)12-3-1-2-4-13(12)15(11)19/h1-5,11,15-17,19H,6-9H2/t11-,15-/m1/s1. The van der Waals surface area contributed by atoms with Crippen LogP contribution in [0.15, 0.2) is 35.9 Å². The van der Waals surface area contributed by atoms with Crippen molar-refractivity contribution in [1.82, 2.24) is 0 Å². The fourth-order valence-electron chi connectivity index (χ4n) is 2.43. The summed E-state index contributed by atoms with van der Waals surface area (Å²) in [6.07, 6.45) is 1.79. The average Bonchev–Trinajstić information content (AvgIpc) is 2.45. The molecule has 1 aliphatic rings. The van der Waals surface area contributed by atoms with Crippen molar-refractivity contribution >= 4 is 5.78 Å². The third-order valence-electron chi connectivity index (χ3n) is 3.59. The molecule has 1 aromatic rings. The molecule has 0 radical (unpaired) electrons. The van der Waals surface area contributed by atoms with Crippen LogP contribution in [-0.2, 0) is 0 Å². The lowest BCUT2D eigenvalue weighted by atomic mass is 9.79. The van der Waals surface area contributed by atoms with Crippen LogP contribution in [-0.4, -0.2) is 34.3 Å². The number of rotatable bonds is 4. The molecule has 4 nitrogen and oxygen atoms in total. The minimum Gasteiger partial charge on any atom is -0.392 e. The number of benzene rings is 1. The lowest BCUT2D eigenvalue weighted by molar-refractivity contribution is 0.0713. The molecule has 0 bridgehead atoms. The summed E-state index contributed by atoms with van der Waals surface area (Å²) >= 11 is 0. The first-order chi connectivity index (χ1) is 9.17. The van der Waals surface area contributed by atoms with Gasteiger partial charge in [0.15, 0.2) is 5.78 Å². The van der Waals surface area contributed by atoms with Crippen molar-refractivity contribution < 1.29 is 20.1 Å². The molecule has 0 heterocycles. The Morgan fingerprint density at radius 2 is 1.95 bits per heavy atom. The number of aliphatic hydroxyl groups excluding tert-OH is 3.